The number of nitrogens with zero attached hydrogens (tertiary/aromatic N) is 4. The summed E-state index contributed by atoms with van der Waals surface area (Å²) < 4.78 is 1.89. The second-order valence-corrected chi connectivity index (χ2v) is 4.86. The number of aromatic nitrogens is 4. The molecule has 3 rings (SSSR count). The Kier molecular flexibility index (Phi) is 3.66. The van der Waals surface area contributed by atoms with Crippen LogP contribution in [0.1, 0.15) is 12.2 Å². The molecule has 102 valence electrons. The molecular formula is C14H14N4OS. The van der Waals surface area contributed by atoms with Crippen molar-refractivity contribution in [3.05, 3.63) is 42.4 Å². The predicted molar refractivity (Wildman–Crippen MR) is 79.3 cm³/mol. The normalized spacial score (nSPS) is 11.1. The summed E-state index contributed by atoms with van der Waals surface area (Å²) in [7, 11) is 0. The van der Waals surface area contributed by atoms with E-state index in [0.717, 1.165) is 22.4 Å². The van der Waals surface area contributed by atoms with Gasteiger partial charge in [0.15, 0.2) is 5.16 Å². The lowest BCUT2D eigenvalue weighted by molar-refractivity contribution is 0.287. The Hall–Kier alpha value is -1.92. The molecule has 0 radical (unpaired) electrons. The van der Waals surface area contributed by atoms with Crippen LogP contribution < -0.4 is 0 Å². The van der Waals surface area contributed by atoms with Crippen LogP contribution in [-0.2, 0) is 6.42 Å². The summed E-state index contributed by atoms with van der Waals surface area (Å²) in [6.07, 6.45) is 3.09. The molecule has 0 spiro atoms. The third kappa shape index (κ3) is 2.39. The van der Waals surface area contributed by atoms with Crippen LogP contribution in [0.25, 0.3) is 16.6 Å². The summed E-state index contributed by atoms with van der Waals surface area (Å²) in [6, 6.07) is 9.90. The van der Waals surface area contributed by atoms with Gasteiger partial charge in [0.1, 0.15) is 5.82 Å². The van der Waals surface area contributed by atoms with Crippen LogP contribution in [0.15, 0.2) is 41.7 Å². The zero-order valence-corrected chi connectivity index (χ0v) is 11.7. The largest absolute Gasteiger partial charge is 0.396 e. The maximum Gasteiger partial charge on any atom is 0.192 e. The lowest BCUT2D eigenvalue weighted by Crippen LogP contribution is -2.03. The summed E-state index contributed by atoms with van der Waals surface area (Å²) in [5.41, 5.74) is 1.90. The van der Waals surface area contributed by atoms with Crippen LogP contribution in [0, 0.1) is 0 Å². The van der Waals surface area contributed by atoms with Crippen molar-refractivity contribution in [2.45, 2.75) is 18.0 Å². The van der Waals surface area contributed by atoms with Gasteiger partial charge in [-0.05, 0) is 30.7 Å². The molecule has 0 atom stereocenters. The Morgan fingerprint density at radius 2 is 2.10 bits per heavy atom. The number of aryl methyl sites for hydroxylation is 1. The van der Waals surface area contributed by atoms with Crippen molar-refractivity contribution in [2.24, 2.45) is 0 Å². The van der Waals surface area contributed by atoms with Crippen LogP contribution in [0.3, 0.4) is 0 Å². The number of thiol groups is 1. The van der Waals surface area contributed by atoms with Gasteiger partial charge in [-0.3, -0.25) is 9.55 Å². The highest BCUT2D eigenvalue weighted by atomic mass is 32.1. The van der Waals surface area contributed by atoms with Crippen LogP contribution >= 0.6 is 12.6 Å². The summed E-state index contributed by atoms with van der Waals surface area (Å²) in [6.45, 7) is 0.135. The summed E-state index contributed by atoms with van der Waals surface area (Å²) in [5.74, 6) is 0.798. The zero-order chi connectivity index (χ0) is 13.9. The third-order valence-corrected chi connectivity index (χ3v) is 3.41. The van der Waals surface area contributed by atoms with Crippen LogP contribution in [0.5, 0.6) is 0 Å². The molecule has 0 aliphatic rings. The van der Waals surface area contributed by atoms with Crippen molar-refractivity contribution < 1.29 is 5.11 Å². The molecule has 0 aliphatic heterocycles. The number of aliphatic hydroxyl groups is 1. The molecule has 0 aliphatic carbocycles. The Labute approximate surface area is 121 Å². The van der Waals surface area contributed by atoms with Gasteiger partial charge in [0.2, 0.25) is 0 Å². The first-order valence-electron chi connectivity index (χ1n) is 6.39. The fraction of sp³-hybridized carbons (Fsp3) is 0.214. The average Bonchev–Trinajstić information content (AvgIpc) is 2.85. The number of hydrogen-bond donors (Lipinski definition) is 2. The van der Waals surface area contributed by atoms with Gasteiger partial charge in [-0.1, -0.05) is 6.07 Å². The topological polar surface area (TPSA) is 63.8 Å². The smallest absolute Gasteiger partial charge is 0.192 e. The Balaban J connectivity index is 2.08. The van der Waals surface area contributed by atoms with Gasteiger partial charge < -0.3 is 5.11 Å². The second kappa shape index (κ2) is 5.60. The number of hydrogen-bond acceptors (Lipinski definition) is 5. The molecule has 1 N–H and O–H groups in total. The standard InChI is InChI=1S/C14H14N4OS/c19-8-2-4-13-16-17-14(20)18(13)11-5-6-12-10(9-11)3-1-7-15-12/h1,3,5-7,9,19H,2,4,8H2,(H,17,20). The Morgan fingerprint density at radius 1 is 1.20 bits per heavy atom. The van der Waals surface area contributed by atoms with Gasteiger partial charge >= 0.3 is 0 Å². The number of benzene rings is 1. The highest BCUT2D eigenvalue weighted by molar-refractivity contribution is 7.80. The molecule has 6 heteroatoms. The molecule has 2 heterocycles. The Bertz CT molecular complexity index is 741. The van der Waals surface area contributed by atoms with Gasteiger partial charge in [0.05, 0.1) is 11.2 Å². The van der Waals surface area contributed by atoms with E-state index in [1.807, 2.05) is 34.9 Å². The minimum atomic E-state index is 0.135. The van der Waals surface area contributed by atoms with Gasteiger partial charge in [0.25, 0.3) is 0 Å². The first-order valence-corrected chi connectivity index (χ1v) is 6.83. The van der Waals surface area contributed by atoms with E-state index in [2.05, 4.69) is 27.8 Å². The maximum absolute atomic E-state index is 8.95. The van der Waals surface area contributed by atoms with Crippen LogP contribution in [-0.4, -0.2) is 31.5 Å². The summed E-state index contributed by atoms with van der Waals surface area (Å²) >= 11 is 4.36. The predicted octanol–water partition coefficient (Wildman–Crippen LogP) is 2.03. The SMILES string of the molecule is OCCCc1nnc(S)n1-c1ccc2ncccc2c1. The number of rotatable bonds is 4. The molecule has 1 aromatic carbocycles. The van der Waals surface area contributed by atoms with E-state index in [9.17, 15) is 0 Å². The van der Waals surface area contributed by atoms with Crippen molar-refractivity contribution in [3.63, 3.8) is 0 Å². The number of pyridine rings is 1. The van der Waals surface area contributed by atoms with Gasteiger partial charge in [-0.25, -0.2) is 0 Å². The van der Waals surface area contributed by atoms with E-state index < -0.39 is 0 Å². The van der Waals surface area contributed by atoms with E-state index in [4.69, 9.17) is 5.11 Å². The van der Waals surface area contributed by atoms with Crippen LogP contribution in [0.4, 0.5) is 0 Å². The second-order valence-electron chi connectivity index (χ2n) is 4.46. The van der Waals surface area contributed by atoms with E-state index in [1.54, 1.807) is 6.20 Å². The third-order valence-electron chi connectivity index (χ3n) is 3.12. The molecule has 2 aromatic heterocycles. The van der Waals surface area contributed by atoms with Gasteiger partial charge in [0, 0.05) is 24.6 Å². The fourth-order valence-corrected chi connectivity index (χ4v) is 2.45. The molecule has 20 heavy (non-hydrogen) atoms. The van der Waals surface area contributed by atoms with E-state index in [-0.39, 0.29) is 6.61 Å². The van der Waals surface area contributed by atoms with Crippen molar-refractivity contribution in [3.8, 4) is 5.69 Å². The number of aliphatic hydroxyl groups excluding tert-OH is 1. The monoisotopic (exact) mass is 286 g/mol. The Morgan fingerprint density at radius 3 is 2.95 bits per heavy atom. The molecule has 3 aromatic rings. The van der Waals surface area contributed by atoms with E-state index in [0.29, 0.717) is 18.0 Å². The van der Waals surface area contributed by atoms with Crippen molar-refractivity contribution in [1.82, 2.24) is 19.7 Å². The van der Waals surface area contributed by atoms with Crippen molar-refractivity contribution in [2.75, 3.05) is 6.61 Å². The lowest BCUT2D eigenvalue weighted by Gasteiger charge is -2.08. The minimum absolute atomic E-state index is 0.135. The molecular weight excluding hydrogens is 272 g/mol. The van der Waals surface area contributed by atoms with E-state index in [1.165, 1.54) is 0 Å². The fourth-order valence-electron chi connectivity index (χ4n) is 2.17. The molecule has 0 saturated heterocycles. The minimum Gasteiger partial charge on any atom is -0.396 e. The summed E-state index contributed by atoms with van der Waals surface area (Å²) in [4.78, 5) is 4.31. The maximum atomic E-state index is 8.95. The van der Waals surface area contributed by atoms with Crippen molar-refractivity contribution >= 4 is 23.5 Å². The molecule has 0 saturated carbocycles. The zero-order valence-electron chi connectivity index (χ0n) is 10.8. The quantitative estimate of drug-likeness (QED) is 0.720. The molecule has 5 nitrogen and oxygen atoms in total. The highest BCUT2D eigenvalue weighted by Crippen LogP contribution is 2.21. The first kappa shape index (κ1) is 13.1. The summed E-state index contributed by atoms with van der Waals surface area (Å²) in [5, 5.41) is 18.7. The molecule has 0 fully saturated rings. The number of fused-ring (bicyclic) bond motifs is 1. The van der Waals surface area contributed by atoms with Crippen molar-refractivity contribution in [1.29, 1.82) is 0 Å². The molecule has 0 amide bonds. The molecule has 0 unspecified atom stereocenters. The highest BCUT2D eigenvalue weighted by Gasteiger charge is 2.11. The lowest BCUT2D eigenvalue weighted by atomic mass is 10.2. The van der Waals surface area contributed by atoms with Crippen LogP contribution in [0.2, 0.25) is 0 Å². The van der Waals surface area contributed by atoms with Gasteiger partial charge in [-0.2, -0.15) is 0 Å². The van der Waals surface area contributed by atoms with E-state index >= 15 is 0 Å². The average molecular weight is 286 g/mol. The molecule has 0 bridgehead atoms. The first-order chi connectivity index (χ1) is 9.79. The van der Waals surface area contributed by atoms with Gasteiger partial charge in [-0.15, -0.1) is 22.8 Å².